The van der Waals surface area contributed by atoms with Crippen LogP contribution in [0.4, 0.5) is 0 Å². The Bertz CT molecular complexity index is 374. The highest BCUT2D eigenvalue weighted by Gasteiger charge is 2.36. The fourth-order valence-corrected chi connectivity index (χ4v) is 2.44. The Kier molecular flexibility index (Phi) is 2.73. The average molecular weight is 225 g/mol. The summed E-state index contributed by atoms with van der Waals surface area (Å²) in [5, 5.41) is 10.7. The number of likely N-dealkylation sites (tertiary alicyclic amines) is 1. The van der Waals surface area contributed by atoms with Crippen molar-refractivity contribution < 1.29 is 14.7 Å². The molecule has 1 aliphatic heterocycles. The van der Waals surface area contributed by atoms with Gasteiger partial charge in [0.05, 0.1) is 6.54 Å². The monoisotopic (exact) mass is 225 g/mol. The molecule has 0 aliphatic carbocycles. The van der Waals surface area contributed by atoms with Crippen molar-refractivity contribution >= 4 is 23.2 Å². The number of amides is 1. The number of aliphatic carboxylic acids is 1. The number of carboxylic acid groups (broad SMARTS) is 1. The third kappa shape index (κ3) is 2.02. The molecule has 0 radical (unpaired) electrons. The third-order valence-electron chi connectivity index (χ3n) is 2.52. The summed E-state index contributed by atoms with van der Waals surface area (Å²) in [4.78, 5) is 25.0. The van der Waals surface area contributed by atoms with Gasteiger partial charge in [0.15, 0.2) is 0 Å². The number of hydrogen-bond donors (Lipinski definition) is 1. The lowest BCUT2D eigenvalue weighted by Gasteiger charge is -2.14. The summed E-state index contributed by atoms with van der Waals surface area (Å²) in [5.41, 5.74) is 0. The Morgan fingerprint density at radius 2 is 2.47 bits per heavy atom. The minimum absolute atomic E-state index is 0.254. The summed E-state index contributed by atoms with van der Waals surface area (Å²) >= 11 is 1.58. The van der Waals surface area contributed by atoms with E-state index in [0.29, 0.717) is 19.5 Å². The summed E-state index contributed by atoms with van der Waals surface area (Å²) in [6.45, 7) is 1.09. The van der Waals surface area contributed by atoms with Crippen molar-refractivity contribution in [2.75, 3.05) is 6.54 Å². The maximum absolute atomic E-state index is 11.6. The van der Waals surface area contributed by atoms with E-state index in [1.807, 2.05) is 17.5 Å². The van der Waals surface area contributed by atoms with E-state index in [0.717, 1.165) is 4.88 Å². The number of hydrogen-bond acceptors (Lipinski definition) is 3. The maximum atomic E-state index is 11.6. The van der Waals surface area contributed by atoms with Crippen molar-refractivity contribution in [2.24, 2.45) is 5.92 Å². The Morgan fingerprint density at radius 3 is 3.00 bits per heavy atom. The van der Waals surface area contributed by atoms with E-state index in [-0.39, 0.29) is 5.91 Å². The molecule has 0 aromatic carbocycles. The molecule has 1 atom stereocenters. The molecule has 2 heterocycles. The van der Waals surface area contributed by atoms with E-state index in [9.17, 15) is 9.59 Å². The molecule has 15 heavy (non-hydrogen) atoms. The third-order valence-corrected chi connectivity index (χ3v) is 3.38. The van der Waals surface area contributed by atoms with Crippen molar-refractivity contribution in [1.29, 1.82) is 0 Å². The van der Waals surface area contributed by atoms with Gasteiger partial charge in [-0.1, -0.05) is 6.07 Å². The molecule has 5 heteroatoms. The normalized spacial score (nSPS) is 20.9. The van der Waals surface area contributed by atoms with Crippen LogP contribution in [0.2, 0.25) is 0 Å². The van der Waals surface area contributed by atoms with E-state index in [1.165, 1.54) is 0 Å². The summed E-state index contributed by atoms with van der Waals surface area (Å²) < 4.78 is 0. The van der Waals surface area contributed by atoms with Gasteiger partial charge in [-0.2, -0.15) is 0 Å². The zero-order valence-electron chi connectivity index (χ0n) is 8.05. The first kappa shape index (κ1) is 10.2. The molecule has 80 valence electrons. The first-order valence-corrected chi connectivity index (χ1v) is 5.60. The van der Waals surface area contributed by atoms with Crippen molar-refractivity contribution in [3.8, 4) is 0 Å². The molecule has 1 N–H and O–H groups in total. The molecule has 1 aromatic heterocycles. The Morgan fingerprint density at radius 1 is 1.67 bits per heavy atom. The lowest BCUT2D eigenvalue weighted by atomic mass is 10.1. The molecular formula is C10H11NO3S. The zero-order valence-corrected chi connectivity index (χ0v) is 8.87. The van der Waals surface area contributed by atoms with Crippen LogP contribution in [0, 0.1) is 5.92 Å². The highest BCUT2D eigenvalue weighted by Crippen LogP contribution is 2.22. The van der Waals surface area contributed by atoms with Crippen LogP contribution in [-0.4, -0.2) is 28.4 Å². The fourth-order valence-electron chi connectivity index (χ4n) is 1.72. The van der Waals surface area contributed by atoms with E-state index >= 15 is 0 Å². The second-order valence-corrected chi connectivity index (χ2v) is 4.55. The van der Waals surface area contributed by atoms with Gasteiger partial charge < -0.3 is 10.0 Å². The predicted molar refractivity (Wildman–Crippen MR) is 55.5 cm³/mol. The van der Waals surface area contributed by atoms with Gasteiger partial charge in [0.25, 0.3) is 0 Å². The number of rotatable bonds is 3. The number of carbonyl (C=O) groups excluding carboxylic acids is 1. The van der Waals surface area contributed by atoms with Crippen LogP contribution in [0.5, 0.6) is 0 Å². The Labute approximate surface area is 91.1 Å². The fraction of sp³-hybridized carbons (Fsp3) is 0.400. The van der Waals surface area contributed by atoms with Crippen LogP contribution >= 0.6 is 11.3 Å². The van der Waals surface area contributed by atoms with Gasteiger partial charge in [-0.05, 0) is 17.9 Å². The molecule has 0 spiro atoms. The zero-order chi connectivity index (χ0) is 10.8. The van der Waals surface area contributed by atoms with Crippen molar-refractivity contribution in [2.45, 2.75) is 13.0 Å². The second kappa shape index (κ2) is 4.02. The molecule has 4 nitrogen and oxygen atoms in total. The van der Waals surface area contributed by atoms with Gasteiger partial charge in [-0.3, -0.25) is 9.59 Å². The van der Waals surface area contributed by atoms with Crippen molar-refractivity contribution in [3.05, 3.63) is 22.4 Å². The van der Waals surface area contributed by atoms with Gasteiger partial charge in [0.1, 0.15) is 5.92 Å². The molecule has 1 aromatic rings. The van der Waals surface area contributed by atoms with E-state index in [1.54, 1.807) is 16.2 Å². The van der Waals surface area contributed by atoms with E-state index in [2.05, 4.69) is 0 Å². The van der Waals surface area contributed by atoms with E-state index in [4.69, 9.17) is 5.11 Å². The van der Waals surface area contributed by atoms with Crippen LogP contribution in [-0.2, 0) is 16.1 Å². The molecule has 0 bridgehead atoms. The highest BCUT2D eigenvalue weighted by molar-refractivity contribution is 7.09. The molecular weight excluding hydrogens is 214 g/mol. The van der Waals surface area contributed by atoms with Crippen molar-refractivity contribution in [3.63, 3.8) is 0 Å². The summed E-state index contributed by atoms with van der Waals surface area (Å²) in [6, 6.07) is 3.88. The molecule has 0 saturated carbocycles. The van der Waals surface area contributed by atoms with Crippen molar-refractivity contribution in [1.82, 2.24) is 4.90 Å². The minimum atomic E-state index is -1.01. The topological polar surface area (TPSA) is 57.6 Å². The van der Waals surface area contributed by atoms with E-state index < -0.39 is 11.9 Å². The highest BCUT2D eigenvalue weighted by atomic mass is 32.1. The second-order valence-electron chi connectivity index (χ2n) is 3.52. The smallest absolute Gasteiger partial charge is 0.316 e. The predicted octanol–water partition coefficient (Wildman–Crippen LogP) is 1.18. The molecule has 1 saturated heterocycles. The number of carbonyl (C=O) groups is 2. The lowest BCUT2D eigenvalue weighted by Crippen LogP contribution is -2.29. The Hall–Kier alpha value is -1.36. The van der Waals surface area contributed by atoms with Crippen LogP contribution in [0.1, 0.15) is 11.3 Å². The standard InChI is InChI=1S/C10H11NO3S/c12-9-8(10(13)14)3-4-11(9)6-7-2-1-5-15-7/h1-2,5,8H,3-4,6H2,(H,13,14). The van der Waals surface area contributed by atoms with Crippen LogP contribution in [0.25, 0.3) is 0 Å². The van der Waals surface area contributed by atoms with Gasteiger partial charge >= 0.3 is 5.97 Å². The van der Waals surface area contributed by atoms with Crippen LogP contribution in [0.15, 0.2) is 17.5 Å². The number of thiophene rings is 1. The van der Waals surface area contributed by atoms with Gasteiger partial charge in [0.2, 0.25) is 5.91 Å². The summed E-state index contributed by atoms with van der Waals surface area (Å²) in [6.07, 6.45) is 0.430. The largest absolute Gasteiger partial charge is 0.481 e. The van der Waals surface area contributed by atoms with Gasteiger partial charge in [0, 0.05) is 11.4 Å². The lowest BCUT2D eigenvalue weighted by molar-refractivity contribution is -0.147. The average Bonchev–Trinajstić information content (AvgIpc) is 2.78. The van der Waals surface area contributed by atoms with Gasteiger partial charge in [-0.25, -0.2) is 0 Å². The molecule has 1 aliphatic rings. The summed E-state index contributed by atoms with van der Waals surface area (Å²) in [7, 11) is 0. The van der Waals surface area contributed by atoms with Crippen LogP contribution in [0.3, 0.4) is 0 Å². The Balaban J connectivity index is 2.02. The minimum Gasteiger partial charge on any atom is -0.481 e. The first-order valence-electron chi connectivity index (χ1n) is 4.72. The molecule has 1 amide bonds. The molecule has 2 rings (SSSR count). The molecule has 1 fully saturated rings. The molecule has 1 unspecified atom stereocenters. The number of nitrogens with zero attached hydrogens (tertiary/aromatic N) is 1. The van der Waals surface area contributed by atoms with Gasteiger partial charge in [-0.15, -0.1) is 11.3 Å². The van der Waals surface area contributed by atoms with Crippen LogP contribution < -0.4 is 0 Å². The maximum Gasteiger partial charge on any atom is 0.316 e. The summed E-state index contributed by atoms with van der Waals surface area (Å²) in [5.74, 6) is -2.09. The number of carboxylic acids is 1. The quantitative estimate of drug-likeness (QED) is 0.786. The SMILES string of the molecule is O=C(O)C1CCN(Cc2cccs2)C1=O. The first-order chi connectivity index (χ1) is 7.18.